The molecule has 0 radical (unpaired) electrons. The molecule has 1 aromatic carbocycles. The highest BCUT2D eigenvalue weighted by Gasteiger charge is 2.22. The molecule has 5 heteroatoms. The number of rotatable bonds is 7. The van der Waals surface area contributed by atoms with Crippen molar-refractivity contribution in [3.8, 4) is 12.3 Å². The lowest BCUT2D eigenvalue weighted by molar-refractivity contribution is -0.125. The van der Waals surface area contributed by atoms with E-state index in [0.717, 1.165) is 11.4 Å². The van der Waals surface area contributed by atoms with Gasteiger partial charge in [0.2, 0.25) is 11.8 Å². The molecule has 2 amide bonds. The molecule has 1 aromatic rings. The Morgan fingerprint density at radius 3 is 2.57 bits per heavy atom. The van der Waals surface area contributed by atoms with Crippen LogP contribution in [0.1, 0.15) is 13.3 Å². The van der Waals surface area contributed by atoms with Gasteiger partial charge in [-0.25, -0.2) is 0 Å². The van der Waals surface area contributed by atoms with Gasteiger partial charge < -0.3 is 10.6 Å². The van der Waals surface area contributed by atoms with E-state index in [-0.39, 0.29) is 22.7 Å². The highest BCUT2D eigenvalue weighted by atomic mass is 32.2. The summed E-state index contributed by atoms with van der Waals surface area (Å²) in [5, 5.41) is 5.51. The number of carbonyl (C=O) groups is 2. The van der Waals surface area contributed by atoms with Crippen molar-refractivity contribution in [3.63, 3.8) is 0 Å². The van der Waals surface area contributed by atoms with E-state index in [1.54, 1.807) is 0 Å². The summed E-state index contributed by atoms with van der Waals surface area (Å²) in [5.74, 6) is 3.73. The van der Waals surface area contributed by atoms with Gasteiger partial charge in [0.05, 0.1) is 6.26 Å². The monoisotopic (exact) mass is 305 g/mol. The zero-order valence-corrected chi connectivity index (χ0v) is 13.2. The van der Waals surface area contributed by atoms with Gasteiger partial charge >= 0.3 is 0 Å². The molecule has 1 rings (SSSR count). The lowest BCUT2D eigenvalue weighted by atomic mass is 10.2. The molecule has 0 aliphatic heterocycles. The number of terminal acetylenes is 1. The van der Waals surface area contributed by atoms with Gasteiger partial charge in [-0.3, -0.25) is 9.59 Å². The van der Waals surface area contributed by atoms with Crippen molar-refractivity contribution < 1.29 is 9.59 Å². The number of benzene rings is 1. The zero-order valence-electron chi connectivity index (χ0n) is 12.4. The molecule has 4 nitrogen and oxygen atoms in total. The Morgan fingerprint density at radius 2 is 2.00 bits per heavy atom. The molecule has 0 heterocycles. The molecule has 2 N–H and O–H groups in total. The van der Waals surface area contributed by atoms with Crippen LogP contribution in [0.4, 0.5) is 5.69 Å². The predicted octanol–water partition coefficient (Wildman–Crippen LogP) is 1.40. The minimum absolute atomic E-state index is 0.0641. The Balaban J connectivity index is 2.61. The van der Waals surface area contributed by atoms with E-state index in [2.05, 4.69) is 22.8 Å². The van der Waals surface area contributed by atoms with Crippen molar-refractivity contribution >= 4 is 28.4 Å². The lowest BCUT2D eigenvalue weighted by Gasteiger charge is -2.17. The molecular formula is C16H21N2O2S+. The highest BCUT2D eigenvalue weighted by molar-refractivity contribution is 7.96. The fourth-order valence-electron chi connectivity index (χ4n) is 1.80. The molecule has 2 unspecified atom stereocenters. The fraction of sp³-hybridized carbons (Fsp3) is 0.375. The minimum atomic E-state index is -0.532. The Hall–Kier alpha value is -1.93. The minimum Gasteiger partial charge on any atom is -0.344 e. The van der Waals surface area contributed by atoms with Gasteiger partial charge in [0.15, 0.2) is 5.75 Å². The van der Waals surface area contributed by atoms with E-state index in [1.165, 1.54) is 6.92 Å². The van der Waals surface area contributed by atoms with Gasteiger partial charge in [-0.05, 0) is 23.0 Å². The van der Waals surface area contributed by atoms with Crippen LogP contribution in [0.2, 0.25) is 0 Å². The average Bonchev–Trinajstić information content (AvgIpc) is 2.44. The second-order valence-electron chi connectivity index (χ2n) is 4.73. The van der Waals surface area contributed by atoms with Crippen molar-refractivity contribution in [2.45, 2.75) is 19.4 Å². The molecule has 112 valence electrons. The molecule has 0 saturated carbocycles. The molecule has 0 saturated heterocycles. The summed E-state index contributed by atoms with van der Waals surface area (Å²) >= 11 is 0. The third-order valence-electron chi connectivity index (χ3n) is 2.82. The molecule has 0 bridgehead atoms. The van der Waals surface area contributed by atoms with Crippen LogP contribution in [0, 0.1) is 12.3 Å². The molecule has 0 aromatic heterocycles. The van der Waals surface area contributed by atoms with Crippen LogP contribution in [0.15, 0.2) is 30.3 Å². The van der Waals surface area contributed by atoms with Gasteiger partial charge in [-0.2, -0.15) is 0 Å². The molecule has 0 aliphatic rings. The topological polar surface area (TPSA) is 58.2 Å². The largest absolute Gasteiger partial charge is 0.344 e. The third kappa shape index (κ3) is 6.87. The van der Waals surface area contributed by atoms with Crippen LogP contribution in [0.5, 0.6) is 0 Å². The molecule has 0 spiro atoms. The highest BCUT2D eigenvalue weighted by Crippen LogP contribution is 2.07. The maximum Gasteiger partial charge on any atom is 0.247 e. The summed E-state index contributed by atoms with van der Waals surface area (Å²) in [6.07, 6.45) is 7.94. The van der Waals surface area contributed by atoms with Gasteiger partial charge in [-0.1, -0.05) is 24.1 Å². The summed E-state index contributed by atoms with van der Waals surface area (Å²) < 4.78 is 0. The van der Waals surface area contributed by atoms with Crippen LogP contribution in [0.25, 0.3) is 0 Å². The van der Waals surface area contributed by atoms with Gasteiger partial charge in [-0.15, -0.1) is 6.42 Å². The number of para-hydroxylation sites is 1. The number of amides is 2. The first-order valence-corrected chi connectivity index (χ1v) is 8.65. The number of hydrogen-bond acceptors (Lipinski definition) is 2. The first-order chi connectivity index (χ1) is 10.0. The number of anilines is 1. The Kier molecular flexibility index (Phi) is 7.41. The van der Waals surface area contributed by atoms with E-state index in [4.69, 9.17) is 6.42 Å². The van der Waals surface area contributed by atoms with Gasteiger partial charge in [0, 0.05) is 19.0 Å². The van der Waals surface area contributed by atoms with E-state index in [1.807, 2.05) is 30.3 Å². The van der Waals surface area contributed by atoms with Crippen molar-refractivity contribution in [1.82, 2.24) is 5.32 Å². The van der Waals surface area contributed by atoms with Crippen LogP contribution < -0.4 is 10.6 Å². The normalized spacial score (nSPS) is 12.8. The van der Waals surface area contributed by atoms with Crippen LogP contribution in [-0.4, -0.2) is 35.6 Å². The van der Waals surface area contributed by atoms with Crippen molar-refractivity contribution in [3.05, 3.63) is 30.3 Å². The average molecular weight is 305 g/mol. The maximum absolute atomic E-state index is 12.3. The first-order valence-electron chi connectivity index (χ1n) is 6.68. The van der Waals surface area contributed by atoms with Crippen molar-refractivity contribution in [1.29, 1.82) is 0 Å². The number of nitrogens with one attached hydrogen (secondary N) is 2. The van der Waals surface area contributed by atoms with E-state index in [9.17, 15) is 9.59 Å². The zero-order chi connectivity index (χ0) is 15.7. The van der Waals surface area contributed by atoms with Crippen LogP contribution >= 0.6 is 0 Å². The van der Waals surface area contributed by atoms with E-state index in [0.29, 0.717) is 12.2 Å². The Bertz CT molecular complexity index is 511. The predicted molar refractivity (Wildman–Crippen MR) is 89.1 cm³/mol. The summed E-state index contributed by atoms with van der Waals surface area (Å²) in [4.78, 5) is 23.5. The number of hydrogen-bond donors (Lipinski definition) is 2. The van der Waals surface area contributed by atoms with E-state index >= 15 is 0 Å². The molecular weight excluding hydrogens is 284 g/mol. The standard InChI is InChI=1S/C16H20N2O2S/c1-4-11-21(3)12-10-15(17-13(2)19)16(20)18-14-8-6-5-7-9-14/h1,5-9,15H,10-12H2,2-3H3,(H-,17,18,19,20)/p+1. The molecule has 0 aliphatic carbocycles. The first kappa shape index (κ1) is 17.1. The van der Waals surface area contributed by atoms with Gasteiger partial charge in [0.25, 0.3) is 0 Å². The number of carbonyl (C=O) groups excluding carboxylic acids is 2. The third-order valence-corrected chi connectivity index (χ3v) is 4.41. The second kappa shape index (κ2) is 9.09. The maximum atomic E-state index is 12.3. The summed E-state index contributed by atoms with van der Waals surface area (Å²) in [6.45, 7) is 1.41. The smallest absolute Gasteiger partial charge is 0.247 e. The fourth-order valence-corrected chi connectivity index (χ4v) is 2.87. The molecule has 0 fully saturated rings. The Morgan fingerprint density at radius 1 is 1.33 bits per heavy atom. The summed E-state index contributed by atoms with van der Waals surface area (Å²) in [7, 11) is 0.0641. The Labute approximate surface area is 129 Å². The van der Waals surface area contributed by atoms with Crippen molar-refractivity contribution in [2.24, 2.45) is 0 Å². The molecule has 2 atom stereocenters. The SMILES string of the molecule is C#CC[S+](C)CCC(NC(C)=O)C(=O)Nc1ccccc1. The van der Waals surface area contributed by atoms with Crippen molar-refractivity contribution in [2.75, 3.05) is 23.1 Å². The second-order valence-corrected chi connectivity index (χ2v) is 6.99. The lowest BCUT2D eigenvalue weighted by Crippen LogP contribution is -2.44. The van der Waals surface area contributed by atoms with Crippen LogP contribution in [-0.2, 0) is 20.5 Å². The van der Waals surface area contributed by atoms with Gasteiger partial charge in [0.1, 0.15) is 11.8 Å². The molecule has 21 heavy (non-hydrogen) atoms. The van der Waals surface area contributed by atoms with Crippen LogP contribution in [0.3, 0.4) is 0 Å². The summed E-state index contributed by atoms with van der Waals surface area (Å²) in [5.41, 5.74) is 0.719. The summed E-state index contributed by atoms with van der Waals surface area (Å²) in [6, 6.07) is 8.66. The quantitative estimate of drug-likeness (QED) is 0.591. The van der Waals surface area contributed by atoms with E-state index < -0.39 is 6.04 Å².